The van der Waals surface area contributed by atoms with Gasteiger partial charge in [0.15, 0.2) is 0 Å². The SMILES string of the molecule is O=C(NCc1ccccc1)C(=O)NC[C@@H]1OCCCN1S(=O)(=O)c1ccccc1. The third-order valence-corrected chi connectivity index (χ3v) is 6.35. The van der Waals surface area contributed by atoms with Gasteiger partial charge in [-0.05, 0) is 24.1 Å². The van der Waals surface area contributed by atoms with Crippen molar-refractivity contribution in [1.82, 2.24) is 14.9 Å². The number of ether oxygens (including phenoxy) is 1. The molecule has 0 bridgehead atoms. The van der Waals surface area contributed by atoms with Crippen molar-refractivity contribution in [1.29, 1.82) is 0 Å². The molecule has 2 amide bonds. The van der Waals surface area contributed by atoms with Crippen molar-refractivity contribution in [3.05, 3.63) is 66.2 Å². The normalized spacial score (nSPS) is 17.4. The quantitative estimate of drug-likeness (QED) is 0.679. The van der Waals surface area contributed by atoms with Crippen molar-refractivity contribution < 1.29 is 22.7 Å². The van der Waals surface area contributed by atoms with E-state index in [0.717, 1.165) is 5.56 Å². The molecule has 0 aromatic heterocycles. The molecule has 0 saturated carbocycles. The maximum Gasteiger partial charge on any atom is 0.309 e. The van der Waals surface area contributed by atoms with Crippen molar-refractivity contribution in [2.45, 2.75) is 24.1 Å². The highest BCUT2D eigenvalue weighted by Crippen LogP contribution is 2.21. The highest BCUT2D eigenvalue weighted by molar-refractivity contribution is 7.89. The van der Waals surface area contributed by atoms with E-state index < -0.39 is 28.1 Å². The topological polar surface area (TPSA) is 105 Å². The summed E-state index contributed by atoms with van der Waals surface area (Å²) in [6.07, 6.45) is -0.325. The van der Waals surface area contributed by atoms with Crippen LogP contribution < -0.4 is 10.6 Å². The van der Waals surface area contributed by atoms with Gasteiger partial charge >= 0.3 is 11.8 Å². The van der Waals surface area contributed by atoms with E-state index in [4.69, 9.17) is 4.74 Å². The largest absolute Gasteiger partial charge is 0.360 e. The van der Waals surface area contributed by atoms with E-state index in [1.165, 1.54) is 16.4 Å². The zero-order chi connectivity index (χ0) is 20.7. The molecule has 1 heterocycles. The molecule has 3 rings (SSSR count). The second-order valence-corrected chi connectivity index (χ2v) is 8.38. The first kappa shape index (κ1) is 21.0. The molecule has 2 N–H and O–H groups in total. The average Bonchev–Trinajstić information content (AvgIpc) is 2.77. The highest BCUT2D eigenvalue weighted by atomic mass is 32.2. The lowest BCUT2D eigenvalue weighted by Crippen LogP contribution is -2.53. The molecule has 154 valence electrons. The van der Waals surface area contributed by atoms with E-state index in [1.54, 1.807) is 18.2 Å². The molecule has 0 radical (unpaired) electrons. The molecule has 2 aromatic rings. The molecule has 1 aliphatic rings. The van der Waals surface area contributed by atoms with E-state index in [2.05, 4.69) is 10.6 Å². The van der Waals surface area contributed by atoms with E-state index in [9.17, 15) is 18.0 Å². The Morgan fingerprint density at radius 3 is 2.28 bits per heavy atom. The molecule has 29 heavy (non-hydrogen) atoms. The molecule has 0 spiro atoms. The fraction of sp³-hybridized carbons (Fsp3) is 0.300. The summed E-state index contributed by atoms with van der Waals surface area (Å²) in [5.74, 6) is -1.63. The number of rotatable bonds is 6. The number of benzene rings is 2. The minimum Gasteiger partial charge on any atom is -0.360 e. The van der Waals surface area contributed by atoms with Gasteiger partial charge in [0.05, 0.1) is 18.0 Å². The molecule has 1 atom stereocenters. The van der Waals surface area contributed by atoms with Crippen LogP contribution in [0.4, 0.5) is 0 Å². The number of nitrogens with one attached hydrogen (secondary N) is 2. The van der Waals surface area contributed by atoms with Crippen LogP contribution in [0, 0.1) is 0 Å². The van der Waals surface area contributed by atoms with E-state index in [1.807, 2.05) is 30.3 Å². The number of hydrogen-bond donors (Lipinski definition) is 2. The summed E-state index contributed by atoms with van der Waals surface area (Å²) in [6.45, 7) is 0.755. The Bertz CT molecular complexity index is 935. The fourth-order valence-corrected chi connectivity index (χ4v) is 4.54. The minimum atomic E-state index is -3.77. The third-order valence-electron chi connectivity index (χ3n) is 4.44. The van der Waals surface area contributed by atoms with Crippen molar-refractivity contribution in [3.8, 4) is 0 Å². The van der Waals surface area contributed by atoms with Crippen LogP contribution >= 0.6 is 0 Å². The lowest BCUT2D eigenvalue weighted by Gasteiger charge is -2.34. The summed E-state index contributed by atoms with van der Waals surface area (Å²) in [4.78, 5) is 24.2. The predicted molar refractivity (Wildman–Crippen MR) is 106 cm³/mol. The Balaban J connectivity index is 1.57. The van der Waals surface area contributed by atoms with Gasteiger partial charge in [0, 0.05) is 13.1 Å². The van der Waals surface area contributed by atoms with Gasteiger partial charge in [0.25, 0.3) is 0 Å². The van der Waals surface area contributed by atoms with Gasteiger partial charge in [-0.3, -0.25) is 9.59 Å². The van der Waals surface area contributed by atoms with Crippen LogP contribution in [0.2, 0.25) is 0 Å². The van der Waals surface area contributed by atoms with Crippen molar-refractivity contribution in [3.63, 3.8) is 0 Å². The van der Waals surface area contributed by atoms with Crippen LogP contribution in [0.5, 0.6) is 0 Å². The number of sulfonamides is 1. The summed E-state index contributed by atoms with van der Waals surface area (Å²) in [6, 6.07) is 17.2. The standard InChI is InChI=1S/C20H23N3O5S/c24-19(21-14-16-8-3-1-4-9-16)20(25)22-15-18-23(12-7-13-28-18)29(26,27)17-10-5-2-6-11-17/h1-6,8-11,18H,7,12-15H2,(H,21,24)(H,22,25)/t18-/m0/s1. The second kappa shape index (κ2) is 9.64. The number of carbonyl (C=O) groups is 2. The fourth-order valence-electron chi connectivity index (χ4n) is 2.95. The van der Waals surface area contributed by atoms with Gasteiger partial charge < -0.3 is 15.4 Å². The molecule has 1 saturated heterocycles. The Hall–Kier alpha value is -2.75. The number of nitrogens with zero attached hydrogens (tertiary/aromatic N) is 1. The predicted octanol–water partition coefficient (Wildman–Crippen LogP) is 0.856. The van der Waals surface area contributed by atoms with Crippen LogP contribution in [0.1, 0.15) is 12.0 Å². The summed E-state index contributed by atoms with van der Waals surface area (Å²) in [5.41, 5.74) is 0.865. The van der Waals surface area contributed by atoms with Gasteiger partial charge in [-0.2, -0.15) is 4.31 Å². The first-order valence-corrected chi connectivity index (χ1v) is 10.7. The van der Waals surface area contributed by atoms with Gasteiger partial charge in [-0.1, -0.05) is 48.5 Å². The van der Waals surface area contributed by atoms with Crippen LogP contribution in [0.3, 0.4) is 0 Å². The number of carbonyl (C=O) groups excluding carboxylic acids is 2. The molecule has 0 aliphatic carbocycles. The number of hydrogen-bond acceptors (Lipinski definition) is 5. The molecule has 2 aromatic carbocycles. The van der Waals surface area contributed by atoms with Crippen molar-refractivity contribution >= 4 is 21.8 Å². The van der Waals surface area contributed by atoms with Crippen LogP contribution in [0.25, 0.3) is 0 Å². The summed E-state index contributed by atoms with van der Waals surface area (Å²) >= 11 is 0. The highest BCUT2D eigenvalue weighted by Gasteiger charge is 2.34. The van der Waals surface area contributed by atoms with Crippen LogP contribution in [-0.2, 0) is 30.9 Å². The maximum atomic E-state index is 12.9. The Morgan fingerprint density at radius 2 is 1.59 bits per heavy atom. The van der Waals surface area contributed by atoms with Crippen LogP contribution in [0.15, 0.2) is 65.6 Å². The molecular weight excluding hydrogens is 394 g/mol. The van der Waals surface area contributed by atoms with E-state index in [-0.39, 0.29) is 24.5 Å². The minimum absolute atomic E-state index is 0.121. The zero-order valence-corrected chi connectivity index (χ0v) is 16.6. The molecule has 1 fully saturated rings. The lowest BCUT2D eigenvalue weighted by atomic mass is 10.2. The first-order chi connectivity index (χ1) is 14.0. The molecule has 9 heteroatoms. The summed E-state index contributed by atoms with van der Waals surface area (Å²) < 4.78 is 32.6. The van der Waals surface area contributed by atoms with Gasteiger partial charge in [-0.25, -0.2) is 8.42 Å². The maximum absolute atomic E-state index is 12.9. The molecule has 8 nitrogen and oxygen atoms in total. The summed E-state index contributed by atoms with van der Waals surface area (Å²) in [7, 11) is -3.77. The van der Waals surface area contributed by atoms with Crippen molar-refractivity contribution in [2.75, 3.05) is 19.7 Å². The third kappa shape index (κ3) is 5.41. The summed E-state index contributed by atoms with van der Waals surface area (Å²) in [5, 5.41) is 4.99. The first-order valence-electron chi connectivity index (χ1n) is 9.27. The Morgan fingerprint density at radius 1 is 0.966 bits per heavy atom. The molecule has 1 aliphatic heterocycles. The van der Waals surface area contributed by atoms with Gasteiger partial charge in [0.1, 0.15) is 6.23 Å². The molecule has 0 unspecified atom stereocenters. The van der Waals surface area contributed by atoms with E-state index >= 15 is 0 Å². The van der Waals surface area contributed by atoms with Gasteiger partial charge in [0.2, 0.25) is 10.0 Å². The second-order valence-electron chi connectivity index (χ2n) is 6.49. The number of amides is 2. The van der Waals surface area contributed by atoms with Crippen LogP contribution in [-0.4, -0.2) is 50.5 Å². The van der Waals surface area contributed by atoms with Gasteiger partial charge in [-0.15, -0.1) is 0 Å². The Labute approximate surface area is 169 Å². The average molecular weight is 417 g/mol. The lowest BCUT2D eigenvalue weighted by molar-refractivity contribution is -0.140. The molecular formula is C20H23N3O5S. The van der Waals surface area contributed by atoms with E-state index in [0.29, 0.717) is 13.0 Å². The smallest absolute Gasteiger partial charge is 0.309 e. The zero-order valence-electron chi connectivity index (χ0n) is 15.8. The Kier molecular flexibility index (Phi) is 6.97. The van der Waals surface area contributed by atoms with Crippen molar-refractivity contribution in [2.24, 2.45) is 0 Å². The monoisotopic (exact) mass is 417 g/mol.